The topological polar surface area (TPSA) is 57.2 Å². The van der Waals surface area contributed by atoms with E-state index in [4.69, 9.17) is 18.0 Å². The van der Waals surface area contributed by atoms with Gasteiger partial charge in [-0.25, -0.2) is 0 Å². The van der Waals surface area contributed by atoms with Crippen molar-refractivity contribution in [3.8, 4) is 0 Å². The second-order valence-electron chi connectivity index (χ2n) is 3.80. The summed E-state index contributed by atoms with van der Waals surface area (Å²) < 4.78 is 21.2. The number of carbonyl (C=O) groups excluding carboxylic acids is 1. The summed E-state index contributed by atoms with van der Waals surface area (Å²) >= 11 is 0. The number of carbonyl (C=O) groups is 1. The predicted octanol–water partition coefficient (Wildman–Crippen LogP) is 0.635. The fraction of sp³-hybridized carbons (Fsp3) is 0.900. The average molecular weight is 265 g/mol. The number of esters is 1. The summed E-state index contributed by atoms with van der Waals surface area (Å²) in [4.78, 5) is 12.7. The zero-order chi connectivity index (χ0) is 13.5. The fourth-order valence-electron chi connectivity index (χ4n) is 1.70. The number of nitrogens with zero attached hydrogens (tertiary/aromatic N) is 1. The van der Waals surface area contributed by atoms with Crippen molar-refractivity contribution in [1.29, 1.82) is 0 Å². The van der Waals surface area contributed by atoms with Crippen molar-refractivity contribution < 1.29 is 22.8 Å². The largest absolute Gasteiger partial charge is 0.521 e. The maximum Gasteiger partial charge on any atom is 0.521 e. The highest BCUT2D eigenvalue weighted by Gasteiger charge is 2.49. The molecule has 1 atom stereocenters. The number of rotatable bonds is 8. The lowest BCUT2D eigenvalue weighted by Gasteiger charge is -2.36. The SMILES string of the molecule is CCC(N(C)C)[Si](OC)(OC)OCOC(C)=O. The Balaban J connectivity index is 4.68. The molecule has 0 fully saturated rings. The van der Waals surface area contributed by atoms with Crippen molar-refractivity contribution in [3.63, 3.8) is 0 Å². The Morgan fingerprint density at radius 3 is 2.12 bits per heavy atom. The average Bonchev–Trinajstić information content (AvgIpc) is 2.27. The van der Waals surface area contributed by atoms with Crippen molar-refractivity contribution in [2.75, 3.05) is 35.1 Å². The van der Waals surface area contributed by atoms with Crippen LogP contribution in [0, 0.1) is 0 Å². The van der Waals surface area contributed by atoms with E-state index in [1.54, 1.807) is 14.2 Å². The van der Waals surface area contributed by atoms with Crippen molar-refractivity contribution in [1.82, 2.24) is 4.90 Å². The van der Waals surface area contributed by atoms with Crippen LogP contribution in [0.2, 0.25) is 0 Å². The van der Waals surface area contributed by atoms with Crippen LogP contribution in [-0.4, -0.2) is 60.4 Å². The molecule has 0 aromatic heterocycles. The van der Waals surface area contributed by atoms with Gasteiger partial charge in [0.1, 0.15) is 0 Å². The molecule has 0 aromatic carbocycles. The predicted molar refractivity (Wildman–Crippen MR) is 65.3 cm³/mol. The second-order valence-corrected chi connectivity index (χ2v) is 6.78. The third-order valence-corrected chi connectivity index (χ3v) is 5.91. The molecular weight excluding hydrogens is 242 g/mol. The van der Waals surface area contributed by atoms with Crippen LogP contribution in [0.3, 0.4) is 0 Å². The zero-order valence-electron chi connectivity index (χ0n) is 11.5. The van der Waals surface area contributed by atoms with Crippen LogP contribution < -0.4 is 0 Å². The minimum absolute atomic E-state index is 0.0214. The van der Waals surface area contributed by atoms with Crippen LogP contribution in [0.4, 0.5) is 0 Å². The molecule has 7 heteroatoms. The Morgan fingerprint density at radius 1 is 1.29 bits per heavy atom. The number of ether oxygens (including phenoxy) is 1. The molecule has 0 aliphatic carbocycles. The summed E-state index contributed by atoms with van der Waals surface area (Å²) in [6.45, 7) is 3.21. The smallest absolute Gasteiger partial charge is 0.440 e. The van der Waals surface area contributed by atoms with Gasteiger partial charge >= 0.3 is 14.8 Å². The molecule has 0 rings (SSSR count). The number of hydrogen-bond donors (Lipinski definition) is 0. The van der Waals surface area contributed by atoms with Crippen LogP contribution in [-0.2, 0) is 22.8 Å². The molecule has 0 aromatic rings. The van der Waals surface area contributed by atoms with E-state index in [1.807, 2.05) is 25.9 Å². The molecule has 0 saturated heterocycles. The van der Waals surface area contributed by atoms with Crippen LogP contribution in [0.15, 0.2) is 0 Å². The summed E-state index contributed by atoms with van der Waals surface area (Å²) in [7, 11) is 4.12. The Morgan fingerprint density at radius 2 is 1.82 bits per heavy atom. The molecule has 0 saturated carbocycles. The quantitative estimate of drug-likeness (QED) is 0.364. The van der Waals surface area contributed by atoms with E-state index in [9.17, 15) is 4.79 Å². The molecule has 0 bridgehead atoms. The fourth-order valence-corrected chi connectivity index (χ4v) is 4.19. The van der Waals surface area contributed by atoms with E-state index < -0.39 is 14.8 Å². The highest BCUT2D eigenvalue weighted by atomic mass is 28.4. The summed E-state index contributed by atoms with van der Waals surface area (Å²) in [6, 6.07) is 0. The Labute approximate surface area is 104 Å². The van der Waals surface area contributed by atoms with Gasteiger partial charge in [0.05, 0.1) is 5.67 Å². The first-order chi connectivity index (χ1) is 7.93. The van der Waals surface area contributed by atoms with Gasteiger partial charge in [0.25, 0.3) is 0 Å². The van der Waals surface area contributed by atoms with Crippen LogP contribution in [0.5, 0.6) is 0 Å². The van der Waals surface area contributed by atoms with Gasteiger partial charge in [-0.05, 0) is 20.5 Å². The summed E-state index contributed by atoms with van der Waals surface area (Å²) in [5, 5.41) is 0. The lowest BCUT2D eigenvalue weighted by molar-refractivity contribution is -0.150. The third kappa shape index (κ3) is 4.72. The molecule has 1 unspecified atom stereocenters. The van der Waals surface area contributed by atoms with Gasteiger partial charge in [-0.1, -0.05) is 6.92 Å². The van der Waals surface area contributed by atoms with Gasteiger partial charge in [-0.15, -0.1) is 0 Å². The van der Waals surface area contributed by atoms with E-state index in [2.05, 4.69) is 0 Å². The Hall–Kier alpha value is -0.473. The van der Waals surface area contributed by atoms with Crippen molar-refractivity contribution in [2.24, 2.45) is 0 Å². The lowest BCUT2D eigenvalue weighted by atomic mass is 10.4. The highest BCUT2D eigenvalue weighted by molar-refractivity contribution is 6.62. The summed E-state index contributed by atoms with van der Waals surface area (Å²) in [5.74, 6) is -0.391. The molecule has 6 nitrogen and oxygen atoms in total. The molecule has 0 aliphatic heterocycles. The van der Waals surface area contributed by atoms with E-state index in [1.165, 1.54) is 6.92 Å². The first-order valence-corrected chi connectivity index (χ1v) is 7.27. The van der Waals surface area contributed by atoms with Crippen LogP contribution in [0.25, 0.3) is 0 Å². The van der Waals surface area contributed by atoms with E-state index in [-0.39, 0.29) is 12.5 Å². The van der Waals surface area contributed by atoms with Crippen molar-refractivity contribution >= 4 is 14.8 Å². The highest BCUT2D eigenvalue weighted by Crippen LogP contribution is 2.19. The maximum absolute atomic E-state index is 10.7. The minimum Gasteiger partial charge on any atom is -0.440 e. The summed E-state index contributed by atoms with van der Waals surface area (Å²) in [5.41, 5.74) is 0.0214. The second kappa shape index (κ2) is 7.78. The monoisotopic (exact) mass is 265 g/mol. The Kier molecular flexibility index (Phi) is 7.56. The Bertz CT molecular complexity index is 233. The molecule has 0 aliphatic rings. The molecule has 0 heterocycles. The molecule has 0 N–H and O–H groups in total. The minimum atomic E-state index is -2.85. The van der Waals surface area contributed by atoms with Gasteiger partial charge in [0.15, 0.2) is 6.79 Å². The molecule has 0 spiro atoms. The van der Waals surface area contributed by atoms with E-state index >= 15 is 0 Å². The van der Waals surface area contributed by atoms with Crippen molar-refractivity contribution in [3.05, 3.63) is 0 Å². The van der Waals surface area contributed by atoms with Gasteiger partial charge in [0.2, 0.25) is 0 Å². The van der Waals surface area contributed by atoms with Crippen LogP contribution >= 0.6 is 0 Å². The normalized spacial score (nSPS) is 13.8. The van der Waals surface area contributed by atoms with Gasteiger partial charge < -0.3 is 22.9 Å². The molecule has 17 heavy (non-hydrogen) atoms. The summed E-state index contributed by atoms with van der Waals surface area (Å²) in [6.07, 6.45) is 0.820. The standard InChI is InChI=1S/C10H23NO5Si/c1-7-10(11(3)4)17(13-5,14-6)16-8-15-9(2)12/h10H,7-8H2,1-6H3. The maximum atomic E-state index is 10.7. The molecule has 102 valence electrons. The van der Waals surface area contributed by atoms with E-state index in [0.717, 1.165) is 6.42 Å². The first-order valence-electron chi connectivity index (χ1n) is 5.47. The number of hydrogen-bond acceptors (Lipinski definition) is 6. The molecule has 0 amide bonds. The third-order valence-electron chi connectivity index (χ3n) is 2.51. The van der Waals surface area contributed by atoms with Gasteiger partial charge in [-0.2, -0.15) is 0 Å². The van der Waals surface area contributed by atoms with Crippen molar-refractivity contribution in [2.45, 2.75) is 25.9 Å². The van der Waals surface area contributed by atoms with Crippen LogP contribution in [0.1, 0.15) is 20.3 Å². The zero-order valence-corrected chi connectivity index (χ0v) is 12.5. The first kappa shape index (κ1) is 16.5. The molecule has 0 radical (unpaired) electrons. The molecular formula is C10H23NO5Si. The van der Waals surface area contributed by atoms with E-state index in [0.29, 0.717) is 0 Å². The van der Waals surface area contributed by atoms with Gasteiger partial charge in [-0.3, -0.25) is 4.79 Å². The lowest BCUT2D eigenvalue weighted by Crippen LogP contribution is -2.60. The van der Waals surface area contributed by atoms with Gasteiger partial charge in [0, 0.05) is 21.1 Å².